The predicted molar refractivity (Wildman–Crippen MR) is 66.7 cm³/mol. The highest BCUT2D eigenvalue weighted by atomic mass is 16.5. The molecule has 0 unspecified atom stereocenters. The Labute approximate surface area is 97.7 Å². The molecule has 0 atom stereocenters. The minimum absolute atomic E-state index is 0.0973. The monoisotopic (exact) mass is 223 g/mol. The van der Waals surface area contributed by atoms with Gasteiger partial charge in [0.25, 0.3) is 0 Å². The molecule has 0 fully saturated rings. The second kappa shape index (κ2) is 6.51. The van der Waals surface area contributed by atoms with Crippen molar-refractivity contribution >= 4 is 5.69 Å². The maximum Gasteiger partial charge on any atom is 0.0681 e. The average Bonchev–Trinajstić information content (AvgIpc) is 2.30. The molecular weight excluding hydrogens is 202 g/mol. The zero-order valence-electron chi connectivity index (χ0n) is 10.3. The van der Waals surface area contributed by atoms with Crippen LogP contribution in [0.3, 0.4) is 0 Å². The van der Waals surface area contributed by atoms with Crippen LogP contribution in [-0.4, -0.2) is 31.4 Å². The molecule has 1 N–H and O–H groups in total. The summed E-state index contributed by atoms with van der Waals surface area (Å²) in [5, 5.41) is 8.98. The molecule has 16 heavy (non-hydrogen) atoms. The number of methoxy groups -OCH3 is 1. The van der Waals surface area contributed by atoms with Gasteiger partial charge >= 0.3 is 0 Å². The molecule has 0 heterocycles. The maximum absolute atomic E-state index is 8.98. The maximum atomic E-state index is 8.98. The van der Waals surface area contributed by atoms with E-state index in [1.165, 1.54) is 5.69 Å². The van der Waals surface area contributed by atoms with E-state index in [1.807, 2.05) is 24.3 Å². The van der Waals surface area contributed by atoms with E-state index in [1.54, 1.807) is 7.11 Å². The number of rotatable bonds is 6. The third kappa shape index (κ3) is 3.51. The van der Waals surface area contributed by atoms with Crippen molar-refractivity contribution in [2.24, 2.45) is 0 Å². The Bertz CT molecular complexity index is 295. The van der Waals surface area contributed by atoms with Crippen LogP contribution in [0.4, 0.5) is 5.69 Å². The second-order valence-electron chi connectivity index (χ2n) is 4.10. The lowest BCUT2D eigenvalue weighted by molar-refractivity contribution is 0.204. The van der Waals surface area contributed by atoms with Crippen LogP contribution in [0.5, 0.6) is 0 Å². The largest absolute Gasteiger partial charge is 0.392 e. The SMILES string of the molecule is COCCN(c1ccc(CO)cc1)C(C)C. The summed E-state index contributed by atoms with van der Waals surface area (Å²) >= 11 is 0. The zero-order chi connectivity index (χ0) is 12.0. The van der Waals surface area contributed by atoms with Crippen molar-refractivity contribution in [2.75, 3.05) is 25.2 Å². The summed E-state index contributed by atoms with van der Waals surface area (Å²) in [4.78, 5) is 2.28. The van der Waals surface area contributed by atoms with Crippen molar-refractivity contribution in [2.45, 2.75) is 26.5 Å². The molecule has 0 bridgehead atoms. The van der Waals surface area contributed by atoms with Crippen LogP contribution in [0.2, 0.25) is 0 Å². The fourth-order valence-electron chi connectivity index (χ4n) is 1.67. The second-order valence-corrected chi connectivity index (χ2v) is 4.10. The number of hydrogen-bond acceptors (Lipinski definition) is 3. The molecule has 3 heteroatoms. The topological polar surface area (TPSA) is 32.7 Å². The number of ether oxygens (including phenoxy) is 1. The number of aliphatic hydroxyl groups is 1. The average molecular weight is 223 g/mol. The zero-order valence-corrected chi connectivity index (χ0v) is 10.3. The first-order valence-corrected chi connectivity index (χ1v) is 5.64. The normalized spacial score (nSPS) is 10.8. The van der Waals surface area contributed by atoms with Crippen LogP contribution in [-0.2, 0) is 11.3 Å². The highest BCUT2D eigenvalue weighted by molar-refractivity contribution is 5.48. The molecule has 0 saturated carbocycles. The molecular formula is C13H21NO2. The summed E-state index contributed by atoms with van der Waals surface area (Å²) in [5.41, 5.74) is 2.11. The lowest BCUT2D eigenvalue weighted by atomic mass is 10.2. The third-order valence-corrected chi connectivity index (χ3v) is 2.61. The smallest absolute Gasteiger partial charge is 0.0681 e. The van der Waals surface area contributed by atoms with E-state index in [0.717, 1.165) is 18.7 Å². The van der Waals surface area contributed by atoms with Gasteiger partial charge < -0.3 is 14.7 Å². The van der Waals surface area contributed by atoms with E-state index < -0.39 is 0 Å². The highest BCUT2D eigenvalue weighted by Crippen LogP contribution is 2.17. The number of benzene rings is 1. The summed E-state index contributed by atoms with van der Waals surface area (Å²) in [7, 11) is 1.72. The van der Waals surface area contributed by atoms with Gasteiger partial charge in [-0.3, -0.25) is 0 Å². The van der Waals surface area contributed by atoms with E-state index in [9.17, 15) is 0 Å². The van der Waals surface area contributed by atoms with Crippen LogP contribution >= 0.6 is 0 Å². The molecule has 1 rings (SSSR count). The number of aliphatic hydroxyl groups excluding tert-OH is 1. The first-order chi connectivity index (χ1) is 7.69. The molecule has 0 saturated heterocycles. The Balaban J connectivity index is 2.75. The lowest BCUT2D eigenvalue weighted by Gasteiger charge is -2.28. The van der Waals surface area contributed by atoms with Crippen LogP contribution in [0.25, 0.3) is 0 Å². The van der Waals surface area contributed by atoms with Crippen LogP contribution in [0.1, 0.15) is 19.4 Å². The van der Waals surface area contributed by atoms with Gasteiger partial charge in [-0.25, -0.2) is 0 Å². The van der Waals surface area contributed by atoms with Gasteiger partial charge in [-0.15, -0.1) is 0 Å². The molecule has 1 aromatic carbocycles. The summed E-state index contributed by atoms with van der Waals surface area (Å²) in [6, 6.07) is 8.44. The lowest BCUT2D eigenvalue weighted by Crippen LogP contribution is -2.33. The predicted octanol–water partition coefficient (Wildman–Crippen LogP) is 2.04. The van der Waals surface area contributed by atoms with E-state index in [0.29, 0.717) is 6.04 Å². The van der Waals surface area contributed by atoms with Crippen molar-refractivity contribution in [3.05, 3.63) is 29.8 Å². The Morgan fingerprint density at radius 2 is 1.88 bits per heavy atom. The Kier molecular flexibility index (Phi) is 5.29. The summed E-state index contributed by atoms with van der Waals surface area (Å²) < 4.78 is 5.11. The Morgan fingerprint density at radius 1 is 1.25 bits per heavy atom. The van der Waals surface area contributed by atoms with Gasteiger partial charge in [0.05, 0.1) is 13.2 Å². The van der Waals surface area contributed by atoms with Crippen molar-refractivity contribution < 1.29 is 9.84 Å². The standard InChI is InChI=1S/C13H21NO2/c1-11(2)14(8-9-16-3)13-6-4-12(10-15)5-7-13/h4-7,11,15H,8-10H2,1-3H3. The van der Waals surface area contributed by atoms with Crippen LogP contribution < -0.4 is 4.90 Å². The third-order valence-electron chi connectivity index (χ3n) is 2.61. The first kappa shape index (κ1) is 13.0. The molecule has 0 aromatic heterocycles. The highest BCUT2D eigenvalue weighted by Gasteiger charge is 2.09. The molecule has 0 aliphatic rings. The molecule has 0 aliphatic heterocycles. The van der Waals surface area contributed by atoms with Crippen LogP contribution in [0.15, 0.2) is 24.3 Å². The van der Waals surface area contributed by atoms with Gasteiger partial charge in [0.1, 0.15) is 0 Å². The minimum Gasteiger partial charge on any atom is -0.392 e. The number of anilines is 1. The van der Waals surface area contributed by atoms with Crippen molar-refractivity contribution in [3.63, 3.8) is 0 Å². The molecule has 0 amide bonds. The van der Waals surface area contributed by atoms with Gasteiger partial charge in [-0.2, -0.15) is 0 Å². The Hall–Kier alpha value is -1.06. The number of nitrogens with zero attached hydrogens (tertiary/aromatic N) is 1. The van der Waals surface area contributed by atoms with Gasteiger partial charge in [-0.05, 0) is 31.5 Å². The van der Waals surface area contributed by atoms with Gasteiger partial charge in [0.15, 0.2) is 0 Å². The quantitative estimate of drug-likeness (QED) is 0.801. The summed E-state index contributed by atoms with van der Waals surface area (Å²) in [5.74, 6) is 0. The molecule has 0 radical (unpaired) electrons. The first-order valence-electron chi connectivity index (χ1n) is 5.64. The molecule has 1 aromatic rings. The molecule has 3 nitrogen and oxygen atoms in total. The van der Waals surface area contributed by atoms with E-state index >= 15 is 0 Å². The van der Waals surface area contributed by atoms with E-state index in [4.69, 9.17) is 9.84 Å². The van der Waals surface area contributed by atoms with Crippen molar-refractivity contribution in [1.29, 1.82) is 0 Å². The van der Waals surface area contributed by atoms with Gasteiger partial charge in [0, 0.05) is 25.4 Å². The summed E-state index contributed by atoms with van der Waals surface area (Å²) in [6.07, 6.45) is 0. The fourth-order valence-corrected chi connectivity index (χ4v) is 1.67. The minimum atomic E-state index is 0.0973. The van der Waals surface area contributed by atoms with Gasteiger partial charge in [-0.1, -0.05) is 12.1 Å². The number of hydrogen-bond donors (Lipinski definition) is 1. The molecule has 0 aliphatic carbocycles. The van der Waals surface area contributed by atoms with Gasteiger partial charge in [0.2, 0.25) is 0 Å². The molecule has 90 valence electrons. The fraction of sp³-hybridized carbons (Fsp3) is 0.538. The Morgan fingerprint density at radius 3 is 2.31 bits per heavy atom. The van der Waals surface area contributed by atoms with Crippen molar-refractivity contribution in [3.8, 4) is 0 Å². The van der Waals surface area contributed by atoms with Crippen molar-refractivity contribution in [1.82, 2.24) is 0 Å². The van der Waals surface area contributed by atoms with E-state index in [-0.39, 0.29) is 6.61 Å². The molecule has 0 spiro atoms. The van der Waals surface area contributed by atoms with E-state index in [2.05, 4.69) is 18.7 Å². The summed E-state index contributed by atoms with van der Waals surface area (Å²) in [6.45, 7) is 6.03. The van der Waals surface area contributed by atoms with Crippen LogP contribution in [0, 0.1) is 0 Å².